The largest absolute Gasteiger partial charge is 0.463 e. The topological polar surface area (TPSA) is 95.9 Å². The number of esters is 1. The van der Waals surface area contributed by atoms with E-state index in [0.29, 0.717) is 32.2 Å². The van der Waals surface area contributed by atoms with Gasteiger partial charge in [-0.05, 0) is 57.9 Å². The number of aliphatic hydroxyl groups excluding tert-OH is 1. The van der Waals surface area contributed by atoms with Crippen molar-refractivity contribution in [3.63, 3.8) is 0 Å². The third-order valence-electron chi connectivity index (χ3n) is 6.57. The predicted octanol–water partition coefficient (Wildman–Crippen LogP) is 3.82. The highest BCUT2D eigenvalue weighted by atomic mass is 16.5. The molecule has 3 atom stereocenters. The van der Waals surface area contributed by atoms with Crippen LogP contribution in [0.15, 0.2) is 55.6 Å². The molecule has 2 amide bonds. The molecule has 1 aliphatic heterocycles. The predicted molar refractivity (Wildman–Crippen MR) is 141 cm³/mol. The summed E-state index contributed by atoms with van der Waals surface area (Å²) in [7, 11) is 0. The van der Waals surface area contributed by atoms with E-state index in [1.54, 1.807) is 30.9 Å². The van der Waals surface area contributed by atoms with Crippen LogP contribution < -0.4 is 5.32 Å². The first-order valence-corrected chi connectivity index (χ1v) is 12.9. The molecule has 0 radical (unpaired) electrons. The standard InChI is InChI=1S/C29H42N2O5/c1-5-7-15-24(18-22-13-9-8-10-14-22)28(35)36-21-29(3,4)30-27(34)23(12-6-2)19-26(33)31-17-11-16-25(31)20-32/h5-6,8-10,13-14,23-25,32H,1-2,7,11-12,15-21H2,3-4H3,(H,30,34). The number of carbonyl (C=O) groups is 3. The number of likely N-dealkylation sites (tertiary alicyclic amines) is 1. The molecule has 36 heavy (non-hydrogen) atoms. The zero-order chi connectivity index (χ0) is 26.6. The van der Waals surface area contributed by atoms with Crippen LogP contribution in [0.25, 0.3) is 0 Å². The van der Waals surface area contributed by atoms with E-state index in [2.05, 4.69) is 18.5 Å². The molecule has 2 N–H and O–H groups in total. The number of ether oxygens (including phenoxy) is 1. The Kier molecular flexibility index (Phi) is 11.9. The number of hydrogen-bond donors (Lipinski definition) is 2. The van der Waals surface area contributed by atoms with Crippen molar-refractivity contribution in [1.82, 2.24) is 10.2 Å². The number of aliphatic hydroxyl groups is 1. The Morgan fingerprint density at radius 1 is 1.19 bits per heavy atom. The van der Waals surface area contributed by atoms with Gasteiger partial charge in [0.1, 0.15) is 6.61 Å². The van der Waals surface area contributed by atoms with Gasteiger partial charge in [0.05, 0.1) is 30.0 Å². The second-order valence-corrected chi connectivity index (χ2v) is 10.2. The fourth-order valence-corrected chi connectivity index (χ4v) is 4.53. The van der Waals surface area contributed by atoms with Crippen LogP contribution in [-0.2, 0) is 25.5 Å². The number of amides is 2. The molecule has 0 aromatic heterocycles. The second-order valence-electron chi connectivity index (χ2n) is 10.2. The molecular weight excluding hydrogens is 456 g/mol. The minimum absolute atomic E-state index is 0.0183. The maximum absolute atomic E-state index is 13.1. The van der Waals surface area contributed by atoms with Gasteiger partial charge in [0.25, 0.3) is 0 Å². The fraction of sp³-hybridized carbons (Fsp3) is 0.552. The molecule has 0 aliphatic carbocycles. The summed E-state index contributed by atoms with van der Waals surface area (Å²) in [6, 6.07) is 9.64. The molecule has 1 aromatic carbocycles. The van der Waals surface area contributed by atoms with Crippen LogP contribution in [0.4, 0.5) is 0 Å². The number of nitrogens with zero attached hydrogens (tertiary/aromatic N) is 1. The van der Waals surface area contributed by atoms with E-state index in [1.807, 2.05) is 30.3 Å². The van der Waals surface area contributed by atoms with E-state index in [0.717, 1.165) is 18.4 Å². The van der Waals surface area contributed by atoms with Gasteiger partial charge in [-0.2, -0.15) is 0 Å². The summed E-state index contributed by atoms with van der Waals surface area (Å²) in [6.45, 7) is 11.6. The maximum Gasteiger partial charge on any atom is 0.309 e. The molecule has 0 spiro atoms. The molecule has 3 unspecified atom stereocenters. The Labute approximate surface area is 215 Å². The summed E-state index contributed by atoms with van der Waals surface area (Å²) in [5, 5.41) is 12.5. The van der Waals surface area contributed by atoms with E-state index in [-0.39, 0.29) is 49.4 Å². The quantitative estimate of drug-likeness (QED) is 0.283. The molecule has 7 heteroatoms. The number of benzene rings is 1. The molecule has 1 heterocycles. The number of rotatable bonds is 15. The molecule has 1 aliphatic rings. The van der Waals surface area contributed by atoms with Crippen LogP contribution in [-0.4, -0.2) is 59.1 Å². The second kappa shape index (κ2) is 14.6. The van der Waals surface area contributed by atoms with Gasteiger partial charge >= 0.3 is 5.97 Å². The number of hydrogen-bond acceptors (Lipinski definition) is 5. The molecule has 198 valence electrons. The van der Waals surface area contributed by atoms with Crippen molar-refractivity contribution in [2.75, 3.05) is 19.8 Å². The van der Waals surface area contributed by atoms with Crippen LogP contribution in [0, 0.1) is 11.8 Å². The molecule has 1 saturated heterocycles. The fourth-order valence-electron chi connectivity index (χ4n) is 4.53. The van der Waals surface area contributed by atoms with Gasteiger partial charge < -0.3 is 20.1 Å². The van der Waals surface area contributed by atoms with Gasteiger partial charge in [-0.25, -0.2) is 0 Å². The third-order valence-corrected chi connectivity index (χ3v) is 6.57. The summed E-state index contributed by atoms with van der Waals surface area (Å²) in [6.07, 6.45) is 7.37. The SMILES string of the molecule is C=CCCC(Cc1ccccc1)C(=O)OCC(C)(C)NC(=O)C(CC=C)CC(=O)N1CCCC1CO. The minimum atomic E-state index is -0.813. The van der Waals surface area contributed by atoms with Crippen molar-refractivity contribution in [3.8, 4) is 0 Å². The van der Waals surface area contributed by atoms with Crippen LogP contribution >= 0.6 is 0 Å². The highest BCUT2D eigenvalue weighted by molar-refractivity contribution is 5.86. The zero-order valence-corrected chi connectivity index (χ0v) is 21.8. The van der Waals surface area contributed by atoms with Crippen molar-refractivity contribution in [1.29, 1.82) is 0 Å². The summed E-state index contributed by atoms with van der Waals surface area (Å²) >= 11 is 0. The average Bonchev–Trinajstić information content (AvgIpc) is 3.34. The van der Waals surface area contributed by atoms with Crippen molar-refractivity contribution >= 4 is 17.8 Å². The molecule has 2 rings (SSSR count). The molecule has 1 fully saturated rings. The van der Waals surface area contributed by atoms with Gasteiger partial charge in [0, 0.05) is 13.0 Å². The smallest absolute Gasteiger partial charge is 0.309 e. The lowest BCUT2D eigenvalue weighted by Crippen LogP contribution is -2.50. The summed E-state index contributed by atoms with van der Waals surface area (Å²) in [4.78, 5) is 40.5. The molecule has 0 saturated carbocycles. The Morgan fingerprint density at radius 2 is 1.92 bits per heavy atom. The first-order valence-electron chi connectivity index (χ1n) is 12.9. The van der Waals surface area contributed by atoms with Crippen molar-refractivity contribution in [2.45, 2.75) is 70.4 Å². The van der Waals surface area contributed by atoms with Crippen molar-refractivity contribution in [2.24, 2.45) is 11.8 Å². The van der Waals surface area contributed by atoms with Gasteiger partial charge in [-0.15, -0.1) is 13.2 Å². The van der Waals surface area contributed by atoms with E-state index in [1.165, 1.54) is 0 Å². The first kappa shape index (κ1) is 29.3. The van der Waals surface area contributed by atoms with E-state index in [9.17, 15) is 19.5 Å². The van der Waals surface area contributed by atoms with E-state index < -0.39 is 11.5 Å². The van der Waals surface area contributed by atoms with Crippen LogP contribution in [0.2, 0.25) is 0 Å². The highest BCUT2D eigenvalue weighted by Crippen LogP contribution is 2.22. The monoisotopic (exact) mass is 498 g/mol. The molecule has 7 nitrogen and oxygen atoms in total. The Bertz CT molecular complexity index is 883. The van der Waals surface area contributed by atoms with Gasteiger partial charge in [-0.1, -0.05) is 42.5 Å². The van der Waals surface area contributed by atoms with Crippen molar-refractivity contribution in [3.05, 3.63) is 61.2 Å². The zero-order valence-electron chi connectivity index (χ0n) is 21.8. The van der Waals surface area contributed by atoms with Crippen LogP contribution in [0.3, 0.4) is 0 Å². The number of nitrogens with one attached hydrogen (secondary N) is 1. The normalized spacial score (nSPS) is 17.2. The van der Waals surface area contributed by atoms with Gasteiger partial charge in [0.15, 0.2) is 0 Å². The summed E-state index contributed by atoms with van der Waals surface area (Å²) in [5.41, 5.74) is 0.251. The van der Waals surface area contributed by atoms with Crippen LogP contribution in [0.1, 0.15) is 57.9 Å². The van der Waals surface area contributed by atoms with Crippen LogP contribution in [0.5, 0.6) is 0 Å². The summed E-state index contributed by atoms with van der Waals surface area (Å²) < 4.78 is 5.66. The van der Waals surface area contributed by atoms with E-state index in [4.69, 9.17) is 4.74 Å². The Morgan fingerprint density at radius 3 is 2.56 bits per heavy atom. The maximum atomic E-state index is 13.1. The number of allylic oxidation sites excluding steroid dienone is 2. The Hall–Kier alpha value is -2.93. The van der Waals surface area contributed by atoms with E-state index >= 15 is 0 Å². The summed E-state index contributed by atoms with van der Waals surface area (Å²) in [5.74, 6) is -1.60. The average molecular weight is 499 g/mol. The number of carbonyl (C=O) groups excluding carboxylic acids is 3. The van der Waals surface area contributed by atoms with Gasteiger partial charge in [0.2, 0.25) is 11.8 Å². The molecular formula is C29H42N2O5. The third kappa shape index (κ3) is 9.26. The lowest BCUT2D eigenvalue weighted by Gasteiger charge is -2.30. The lowest BCUT2D eigenvalue weighted by molar-refractivity contribution is -0.151. The first-order chi connectivity index (χ1) is 17.2. The minimum Gasteiger partial charge on any atom is -0.463 e. The Balaban J connectivity index is 1.95. The molecule has 0 bridgehead atoms. The van der Waals surface area contributed by atoms with Crippen molar-refractivity contribution < 1.29 is 24.2 Å². The lowest BCUT2D eigenvalue weighted by atomic mass is 9.94. The van der Waals surface area contributed by atoms with Gasteiger partial charge in [-0.3, -0.25) is 14.4 Å². The highest BCUT2D eigenvalue weighted by Gasteiger charge is 2.33. The molecule has 1 aromatic rings.